The first-order chi connectivity index (χ1) is 8.74. The molecule has 18 heavy (non-hydrogen) atoms. The van der Waals surface area contributed by atoms with E-state index in [1.165, 1.54) is 9.75 Å². The molecule has 2 aromatic heterocycles. The van der Waals surface area contributed by atoms with Crippen molar-refractivity contribution in [2.45, 2.75) is 20.1 Å². The molecule has 2 heterocycles. The van der Waals surface area contributed by atoms with Crippen LogP contribution in [0.5, 0.6) is 0 Å². The number of aromatic nitrogens is 1. The van der Waals surface area contributed by atoms with E-state index in [9.17, 15) is 0 Å². The lowest BCUT2D eigenvalue weighted by Gasteiger charge is -2.00. The lowest BCUT2D eigenvalue weighted by Crippen LogP contribution is -2.12. The number of hydrogen-bond donors (Lipinski definition) is 1. The van der Waals surface area contributed by atoms with Crippen molar-refractivity contribution in [1.82, 2.24) is 10.3 Å². The van der Waals surface area contributed by atoms with Gasteiger partial charge in [-0.25, -0.2) is 4.98 Å². The summed E-state index contributed by atoms with van der Waals surface area (Å²) in [5, 5.41) is 4.42. The molecule has 6 heteroatoms. The molecule has 0 saturated carbocycles. The summed E-state index contributed by atoms with van der Waals surface area (Å²) in [5.41, 5.74) is 1.04. The Labute approximate surface area is 123 Å². The van der Waals surface area contributed by atoms with Gasteiger partial charge in [0.15, 0.2) is 0 Å². The molecule has 1 N–H and O–H groups in total. The minimum Gasteiger partial charge on any atom is -0.378 e. The largest absolute Gasteiger partial charge is 0.378 e. The highest BCUT2D eigenvalue weighted by Crippen LogP contribution is 2.35. The molecule has 98 valence electrons. The summed E-state index contributed by atoms with van der Waals surface area (Å²) in [6, 6.07) is 4.16. The van der Waals surface area contributed by atoms with Crippen LogP contribution in [0.1, 0.15) is 17.5 Å². The first kappa shape index (κ1) is 14.1. The van der Waals surface area contributed by atoms with E-state index in [0.717, 1.165) is 27.6 Å². The van der Waals surface area contributed by atoms with Crippen LogP contribution >= 0.6 is 38.6 Å². The Morgan fingerprint density at radius 2 is 2.22 bits per heavy atom. The van der Waals surface area contributed by atoms with Gasteiger partial charge < -0.3 is 10.1 Å². The van der Waals surface area contributed by atoms with Crippen molar-refractivity contribution >= 4 is 38.6 Å². The number of nitrogens with zero attached hydrogens (tertiary/aromatic N) is 1. The molecule has 0 radical (unpaired) electrons. The minimum atomic E-state index is 0.573. The van der Waals surface area contributed by atoms with Gasteiger partial charge in [-0.1, -0.05) is 6.92 Å². The third kappa shape index (κ3) is 3.39. The first-order valence-corrected chi connectivity index (χ1v) is 8.11. The molecule has 0 bridgehead atoms. The molecule has 3 nitrogen and oxygen atoms in total. The monoisotopic (exact) mass is 346 g/mol. The van der Waals surface area contributed by atoms with Crippen molar-refractivity contribution in [3.05, 3.63) is 26.5 Å². The van der Waals surface area contributed by atoms with Gasteiger partial charge in [0.2, 0.25) is 0 Å². The molecule has 0 fully saturated rings. The van der Waals surface area contributed by atoms with E-state index in [4.69, 9.17) is 4.74 Å². The van der Waals surface area contributed by atoms with Crippen LogP contribution in [-0.2, 0) is 17.9 Å². The molecular weight excluding hydrogens is 332 g/mol. The van der Waals surface area contributed by atoms with Crippen LogP contribution in [0.15, 0.2) is 15.9 Å². The Balaban J connectivity index is 2.26. The van der Waals surface area contributed by atoms with Gasteiger partial charge in [-0.05, 0) is 34.6 Å². The summed E-state index contributed by atoms with van der Waals surface area (Å²) in [6.07, 6.45) is 0. The third-order valence-corrected chi connectivity index (χ3v) is 5.27. The van der Waals surface area contributed by atoms with Crippen molar-refractivity contribution < 1.29 is 4.74 Å². The summed E-state index contributed by atoms with van der Waals surface area (Å²) in [5.74, 6) is 0. The zero-order valence-electron chi connectivity index (χ0n) is 10.3. The predicted octanol–water partition coefficient (Wildman–Crippen LogP) is 3.89. The number of nitrogens with one attached hydrogen (secondary N) is 1. The number of thiazole rings is 1. The molecular formula is C12H15BrN2OS2. The second-order valence-electron chi connectivity index (χ2n) is 3.71. The number of thiophene rings is 1. The molecule has 0 spiro atoms. The van der Waals surface area contributed by atoms with Crippen molar-refractivity contribution in [3.8, 4) is 9.88 Å². The predicted molar refractivity (Wildman–Crippen MR) is 81.2 cm³/mol. The maximum atomic E-state index is 5.21. The van der Waals surface area contributed by atoms with Crippen LogP contribution in [0.25, 0.3) is 9.88 Å². The highest BCUT2D eigenvalue weighted by atomic mass is 79.9. The zero-order chi connectivity index (χ0) is 13.0. The highest BCUT2D eigenvalue weighted by Gasteiger charge is 2.13. The Morgan fingerprint density at radius 3 is 2.83 bits per heavy atom. The minimum absolute atomic E-state index is 0.573. The Bertz CT molecular complexity index is 510. The van der Waals surface area contributed by atoms with Gasteiger partial charge >= 0.3 is 0 Å². The van der Waals surface area contributed by atoms with Gasteiger partial charge in [0.25, 0.3) is 0 Å². The molecule has 0 amide bonds. The maximum Gasteiger partial charge on any atom is 0.134 e. The SMILES string of the molecule is CCNCc1sc(-c2ccc(Br)s2)nc1COC. The smallest absolute Gasteiger partial charge is 0.134 e. The molecule has 0 aliphatic heterocycles. The fraction of sp³-hybridized carbons (Fsp3) is 0.417. The standard InChI is InChI=1S/C12H15BrN2OS2/c1-3-14-6-10-8(7-16-2)15-12(18-10)9-4-5-11(13)17-9/h4-5,14H,3,6-7H2,1-2H3. The van der Waals surface area contributed by atoms with Crippen LogP contribution in [0.3, 0.4) is 0 Å². The van der Waals surface area contributed by atoms with Gasteiger partial charge in [0, 0.05) is 18.5 Å². The highest BCUT2D eigenvalue weighted by molar-refractivity contribution is 9.11. The second-order valence-corrected chi connectivity index (χ2v) is 7.25. The van der Waals surface area contributed by atoms with Gasteiger partial charge in [-0.15, -0.1) is 22.7 Å². The van der Waals surface area contributed by atoms with E-state index in [1.54, 1.807) is 29.8 Å². The van der Waals surface area contributed by atoms with Crippen molar-refractivity contribution in [1.29, 1.82) is 0 Å². The summed E-state index contributed by atoms with van der Waals surface area (Å²) in [7, 11) is 1.71. The summed E-state index contributed by atoms with van der Waals surface area (Å²) in [6.45, 7) is 4.50. The normalized spacial score (nSPS) is 11.1. The summed E-state index contributed by atoms with van der Waals surface area (Å²) < 4.78 is 6.35. The van der Waals surface area contributed by atoms with Gasteiger partial charge in [0.05, 0.1) is 21.0 Å². The topological polar surface area (TPSA) is 34.2 Å². The molecule has 0 aromatic carbocycles. The van der Waals surface area contributed by atoms with E-state index < -0.39 is 0 Å². The number of halogens is 1. The van der Waals surface area contributed by atoms with Crippen LogP contribution in [0.4, 0.5) is 0 Å². The number of ether oxygens (including phenoxy) is 1. The average molecular weight is 347 g/mol. The number of hydrogen-bond acceptors (Lipinski definition) is 5. The van der Waals surface area contributed by atoms with E-state index >= 15 is 0 Å². The lowest BCUT2D eigenvalue weighted by atomic mass is 10.3. The van der Waals surface area contributed by atoms with Crippen LogP contribution in [0.2, 0.25) is 0 Å². The van der Waals surface area contributed by atoms with Gasteiger partial charge in [0.1, 0.15) is 5.01 Å². The van der Waals surface area contributed by atoms with Crippen molar-refractivity contribution in [3.63, 3.8) is 0 Å². The second kappa shape index (κ2) is 6.77. The third-order valence-electron chi connectivity index (χ3n) is 2.38. The quantitative estimate of drug-likeness (QED) is 0.861. The lowest BCUT2D eigenvalue weighted by molar-refractivity contribution is 0.181. The fourth-order valence-corrected chi connectivity index (χ4v) is 4.02. The van der Waals surface area contributed by atoms with Gasteiger partial charge in [-0.3, -0.25) is 0 Å². The first-order valence-electron chi connectivity index (χ1n) is 5.68. The zero-order valence-corrected chi connectivity index (χ0v) is 13.5. The molecule has 2 aromatic rings. The van der Waals surface area contributed by atoms with Crippen LogP contribution in [0, 0.1) is 0 Å². The van der Waals surface area contributed by atoms with E-state index in [1.807, 2.05) is 0 Å². The number of rotatable bonds is 6. The van der Waals surface area contributed by atoms with E-state index in [-0.39, 0.29) is 0 Å². The van der Waals surface area contributed by atoms with Crippen molar-refractivity contribution in [2.75, 3.05) is 13.7 Å². The van der Waals surface area contributed by atoms with Crippen LogP contribution in [-0.4, -0.2) is 18.6 Å². The van der Waals surface area contributed by atoms with Gasteiger partial charge in [-0.2, -0.15) is 0 Å². The Hall–Kier alpha value is -0.270. The number of methoxy groups -OCH3 is 1. The molecule has 0 saturated heterocycles. The average Bonchev–Trinajstić information content (AvgIpc) is 2.94. The summed E-state index contributed by atoms with van der Waals surface area (Å²) in [4.78, 5) is 7.14. The molecule has 2 rings (SSSR count). The molecule has 0 aliphatic carbocycles. The molecule has 0 aliphatic rings. The maximum absolute atomic E-state index is 5.21. The fourth-order valence-electron chi connectivity index (χ4n) is 1.54. The van der Waals surface area contributed by atoms with E-state index in [0.29, 0.717) is 6.61 Å². The summed E-state index contributed by atoms with van der Waals surface area (Å²) >= 11 is 6.94. The van der Waals surface area contributed by atoms with E-state index in [2.05, 4.69) is 45.3 Å². The molecule has 0 unspecified atom stereocenters. The Kier molecular flexibility index (Phi) is 5.32. The Morgan fingerprint density at radius 1 is 1.39 bits per heavy atom. The van der Waals surface area contributed by atoms with Crippen LogP contribution < -0.4 is 5.32 Å². The van der Waals surface area contributed by atoms with Crippen molar-refractivity contribution in [2.24, 2.45) is 0 Å². The molecule has 0 atom stereocenters.